The van der Waals surface area contributed by atoms with Crippen LogP contribution in [0.25, 0.3) is 11.1 Å². The fraction of sp³-hybridized carbons (Fsp3) is 0.227. The molecule has 0 amide bonds. The van der Waals surface area contributed by atoms with Crippen molar-refractivity contribution in [3.05, 3.63) is 64.9 Å². The molecule has 11 heteroatoms. The quantitative estimate of drug-likeness (QED) is 0.357. The van der Waals surface area contributed by atoms with Crippen molar-refractivity contribution in [2.45, 2.75) is 25.7 Å². The van der Waals surface area contributed by atoms with E-state index in [1.165, 1.54) is 18.2 Å². The number of nitrogens with one attached hydrogen (secondary N) is 3. The van der Waals surface area contributed by atoms with Gasteiger partial charge < -0.3 is 14.6 Å². The summed E-state index contributed by atoms with van der Waals surface area (Å²) in [5.74, 6) is 1.51. The zero-order valence-corrected chi connectivity index (χ0v) is 19.2. The third kappa shape index (κ3) is 4.98. The van der Waals surface area contributed by atoms with E-state index in [4.69, 9.17) is 4.42 Å². The number of benzene rings is 2. The zero-order chi connectivity index (χ0) is 23.6. The largest absolute Gasteiger partial charge is 0.417 e. The minimum Gasteiger partial charge on any atom is -0.408 e. The highest BCUT2D eigenvalue weighted by molar-refractivity contribution is 7.92. The number of hydrogen-bond acceptors (Lipinski definition) is 8. The van der Waals surface area contributed by atoms with E-state index in [0.717, 1.165) is 24.6 Å². The third-order valence-electron chi connectivity index (χ3n) is 5.02. The molecule has 33 heavy (non-hydrogen) atoms. The molecule has 2 aromatic carbocycles. The standard InChI is InChI=1S/C22H24N6O4S/c1-4-28(5-2)21-13-20(23-14(3)24-21)25-15-6-8-16(9-7-15)27-33(30,31)17-10-11-19-18(12-17)26-22(29)32-19/h6-13,27H,4-5H2,1-3H3,(H,26,29)(H,23,24,25). The van der Waals surface area contributed by atoms with Gasteiger partial charge in [0.05, 0.1) is 10.4 Å². The number of sulfonamides is 1. The van der Waals surface area contributed by atoms with Crippen molar-refractivity contribution in [3.63, 3.8) is 0 Å². The van der Waals surface area contributed by atoms with Crippen LogP contribution in [0.3, 0.4) is 0 Å². The van der Waals surface area contributed by atoms with Gasteiger partial charge in [-0.25, -0.2) is 23.2 Å². The maximum Gasteiger partial charge on any atom is 0.417 e. The maximum atomic E-state index is 12.8. The molecule has 0 aliphatic rings. The number of aromatic nitrogens is 3. The van der Waals surface area contributed by atoms with Crippen LogP contribution in [-0.4, -0.2) is 36.5 Å². The Labute approximate surface area is 190 Å². The molecule has 0 saturated heterocycles. The summed E-state index contributed by atoms with van der Waals surface area (Å²) in [5, 5.41) is 3.23. The average molecular weight is 469 g/mol. The summed E-state index contributed by atoms with van der Waals surface area (Å²) in [6, 6.07) is 12.9. The Morgan fingerprint density at radius 2 is 1.70 bits per heavy atom. The summed E-state index contributed by atoms with van der Waals surface area (Å²) < 4.78 is 33.0. The molecule has 0 atom stereocenters. The van der Waals surface area contributed by atoms with Crippen LogP contribution in [0.1, 0.15) is 19.7 Å². The van der Waals surface area contributed by atoms with Crippen LogP contribution >= 0.6 is 0 Å². The van der Waals surface area contributed by atoms with E-state index < -0.39 is 15.8 Å². The first-order valence-electron chi connectivity index (χ1n) is 10.4. The first kappa shape index (κ1) is 22.3. The van der Waals surface area contributed by atoms with Gasteiger partial charge in [0.25, 0.3) is 10.0 Å². The van der Waals surface area contributed by atoms with Crippen LogP contribution < -0.4 is 20.7 Å². The highest BCUT2D eigenvalue weighted by Crippen LogP contribution is 2.23. The molecule has 4 rings (SSSR count). The highest BCUT2D eigenvalue weighted by atomic mass is 32.2. The summed E-state index contributed by atoms with van der Waals surface area (Å²) >= 11 is 0. The van der Waals surface area contributed by atoms with Gasteiger partial charge in [0, 0.05) is 30.5 Å². The summed E-state index contributed by atoms with van der Waals surface area (Å²) in [7, 11) is -3.85. The molecule has 4 aromatic rings. The lowest BCUT2D eigenvalue weighted by Gasteiger charge is -2.20. The monoisotopic (exact) mass is 468 g/mol. The number of rotatable bonds is 8. The fourth-order valence-corrected chi connectivity index (χ4v) is 4.49. The van der Waals surface area contributed by atoms with Crippen molar-refractivity contribution in [1.29, 1.82) is 0 Å². The van der Waals surface area contributed by atoms with Crippen molar-refractivity contribution in [3.8, 4) is 0 Å². The number of nitrogens with zero attached hydrogens (tertiary/aromatic N) is 3. The van der Waals surface area contributed by atoms with Crippen LogP contribution in [-0.2, 0) is 10.0 Å². The lowest BCUT2D eigenvalue weighted by atomic mass is 10.3. The second-order valence-corrected chi connectivity index (χ2v) is 8.99. The average Bonchev–Trinajstić information content (AvgIpc) is 3.15. The first-order chi connectivity index (χ1) is 15.8. The fourth-order valence-electron chi connectivity index (χ4n) is 3.41. The smallest absolute Gasteiger partial charge is 0.408 e. The Morgan fingerprint density at radius 1 is 1.00 bits per heavy atom. The number of hydrogen-bond donors (Lipinski definition) is 3. The normalized spacial score (nSPS) is 11.5. The molecule has 3 N–H and O–H groups in total. The Kier molecular flexibility index (Phi) is 6.05. The van der Waals surface area contributed by atoms with Crippen LogP contribution in [0.5, 0.6) is 0 Å². The zero-order valence-electron chi connectivity index (χ0n) is 18.4. The van der Waals surface area contributed by atoms with Gasteiger partial charge in [0.2, 0.25) is 0 Å². The SMILES string of the molecule is CCN(CC)c1cc(Nc2ccc(NS(=O)(=O)c3ccc4oc(=O)[nH]c4c3)cc2)nc(C)n1. The van der Waals surface area contributed by atoms with E-state index >= 15 is 0 Å². The molecule has 0 aliphatic carbocycles. The van der Waals surface area contributed by atoms with Crippen molar-refractivity contribution >= 4 is 44.1 Å². The van der Waals surface area contributed by atoms with Gasteiger partial charge in [0.1, 0.15) is 17.5 Å². The molecule has 0 saturated carbocycles. The van der Waals surface area contributed by atoms with Crippen LogP contribution in [0.4, 0.5) is 23.0 Å². The van der Waals surface area contributed by atoms with E-state index in [1.807, 2.05) is 13.0 Å². The van der Waals surface area contributed by atoms with Gasteiger partial charge in [-0.05, 0) is 63.2 Å². The Bertz CT molecular complexity index is 1440. The highest BCUT2D eigenvalue weighted by Gasteiger charge is 2.16. The molecule has 0 bridgehead atoms. The van der Waals surface area contributed by atoms with Crippen LogP contribution in [0, 0.1) is 6.92 Å². The summed E-state index contributed by atoms with van der Waals surface area (Å²) in [6.45, 7) is 7.66. The van der Waals surface area contributed by atoms with Gasteiger partial charge in [-0.3, -0.25) is 9.71 Å². The molecular weight excluding hydrogens is 444 g/mol. The van der Waals surface area contributed by atoms with Gasteiger partial charge in [-0.2, -0.15) is 0 Å². The molecule has 172 valence electrons. The maximum absolute atomic E-state index is 12.8. The Hall–Kier alpha value is -3.86. The number of H-pyrrole nitrogens is 1. The molecule has 0 unspecified atom stereocenters. The Morgan fingerprint density at radius 3 is 2.39 bits per heavy atom. The number of aromatic amines is 1. The van der Waals surface area contributed by atoms with E-state index in [0.29, 0.717) is 28.4 Å². The summed E-state index contributed by atoms with van der Waals surface area (Å²) in [4.78, 5) is 24.8. The van der Waals surface area contributed by atoms with Gasteiger partial charge in [-0.15, -0.1) is 0 Å². The molecule has 0 aliphatic heterocycles. The Balaban J connectivity index is 1.50. The van der Waals surface area contributed by atoms with Crippen molar-refractivity contribution in [2.75, 3.05) is 28.0 Å². The number of anilines is 4. The van der Waals surface area contributed by atoms with Gasteiger partial charge in [-0.1, -0.05) is 0 Å². The van der Waals surface area contributed by atoms with Gasteiger partial charge in [0.15, 0.2) is 5.58 Å². The van der Waals surface area contributed by atoms with Crippen molar-refractivity contribution in [1.82, 2.24) is 15.0 Å². The second-order valence-electron chi connectivity index (χ2n) is 7.31. The molecule has 2 heterocycles. The summed E-state index contributed by atoms with van der Waals surface area (Å²) in [6.07, 6.45) is 0. The number of aryl methyl sites for hydroxylation is 1. The topological polar surface area (TPSA) is 133 Å². The lowest BCUT2D eigenvalue weighted by Crippen LogP contribution is -2.23. The van der Waals surface area contributed by atoms with E-state index in [9.17, 15) is 13.2 Å². The molecule has 0 radical (unpaired) electrons. The molecule has 10 nitrogen and oxygen atoms in total. The van der Waals surface area contributed by atoms with Crippen molar-refractivity contribution in [2.24, 2.45) is 0 Å². The molecule has 0 spiro atoms. The summed E-state index contributed by atoms with van der Waals surface area (Å²) in [5.41, 5.74) is 1.74. The minimum atomic E-state index is -3.85. The minimum absolute atomic E-state index is 0.00893. The third-order valence-corrected chi connectivity index (χ3v) is 6.40. The van der Waals surface area contributed by atoms with Crippen molar-refractivity contribution < 1.29 is 12.8 Å². The van der Waals surface area contributed by atoms with E-state index in [1.54, 1.807) is 24.3 Å². The molecule has 2 aromatic heterocycles. The first-order valence-corrected chi connectivity index (χ1v) is 11.9. The molecular formula is C22H24N6O4S. The lowest BCUT2D eigenvalue weighted by molar-refractivity contribution is 0.555. The van der Waals surface area contributed by atoms with Crippen LogP contribution in [0.2, 0.25) is 0 Å². The van der Waals surface area contributed by atoms with E-state index in [-0.39, 0.29) is 4.90 Å². The van der Waals surface area contributed by atoms with Crippen LogP contribution in [0.15, 0.2) is 62.6 Å². The number of fused-ring (bicyclic) bond motifs is 1. The predicted octanol–water partition coefficient (Wildman–Crippen LogP) is 3.61. The molecule has 0 fully saturated rings. The number of oxazole rings is 1. The van der Waals surface area contributed by atoms with Gasteiger partial charge >= 0.3 is 5.76 Å². The predicted molar refractivity (Wildman–Crippen MR) is 128 cm³/mol. The second kappa shape index (κ2) is 8.94. The van der Waals surface area contributed by atoms with E-state index in [2.05, 4.69) is 43.7 Å².